The van der Waals surface area contributed by atoms with Crippen molar-refractivity contribution < 1.29 is 47.8 Å². The average Bonchev–Trinajstić information content (AvgIpc) is 3.22. The summed E-state index contributed by atoms with van der Waals surface area (Å²) in [6, 6.07) is 0. The number of aliphatic hydroxyl groups is 2. The highest BCUT2D eigenvalue weighted by molar-refractivity contribution is 7.47. The molecule has 11 heteroatoms. The molecule has 0 aliphatic rings. The van der Waals surface area contributed by atoms with Crippen LogP contribution in [-0.2, 0) is 32.7 Å². The van der Waals surface area contributed by atoms with E-state index in [1.165, 1.54) is 83.5 Å². The molecule has 0 saturated heterocycles. The number of hydrogen-bond donors (Lipinski definition) is 3. The lowest BCUT2D eigenvalue weighted by molar-refractivity contribution is -0.161. The van der Waals surface area contributed by atoms with Crippen LogP contribution in [0.2, 0.25) is 0 Å². The molecule has 0 amide bonds. The minimum Gasteiger partial charge on any atom is -0.462 e. The van der Waals surface area contributed by atoms with Crippen LogP contribution in [0.3, 0.4) is 0 Å². The highest BCUT2D eigenvalue weighted by atomic mass is 31.2. The van der Waals surface area contributed by atoms with Crippen LogP contribution in [0.25, 0.3) is 0 Å². The van der Waals surface area contributed by atoms with E-state index < -0.39 is 51.8 Å². The summed E-state index contributed by atoms with van der Waals surface area (Å²) < 4.78 is 32.7. The normalized spacial score (nSPS) is 14.5. The minimum atomic E-state index is -4.64. The predicted octanol–water partition coefficient (Wildman–Crippen LogP) is 12.4. The van der Waals surface area contributed by atoms with Gasteiger partial charge in [-0.05, 0) is 83.5 Å². The standard InChI is InChI=1S/C48H83O10P/c1-3-5-7-9-11-13-15-17-19-21-22-24-26-28-30-32-34-36-38-40-48(52)58-46(44-57-59(53,54)56-42-45(50)41-49)43-55-47(51)39-37-35-33-31-29-27-25-23-20-18-16-14-12-10-8-6-4-2/h11,13,17,19,22,24-25,27-28,30-31,33,45-46,49-50H,3-10,12,14-16,18,20-21,23,26,29,32,34-44H2,1-2H3,(H,53,54)/b13-11+,19-17+,24-22+,27-25+,30-28+,33-31+/t45-,46+/m0/s1. The molecule has 340 valence electrons. The van der Waals surface area contributed by atoms with Crippen LogP contribution in [-0.4, -0.2) is 65.7 Å². The van der Waals surface area contributed by atoms with Crippen molar-refractivity contribution in [1.82, 2.24) is 0 Å². The Morgan fingerprint density at radius 2 is 0.898 bits per heavy atom. The number of hydrogen-bond acceptors (Lipinski definition) is 9. The Bertz CT molecular complexity index is 1210. The zero-order chi connectivity index (χ0) is 43.3. The zero-order valence-corrected chi connectivity index (χ0v) is 37.8. The van der Waals surface area contributed by atoms with Gasteiger partial charge >= 0.3 is 19.8 Å². The minimum absolute atomic E-state index is 0.135. The van der Waals surface area contributed by atoms with Crippen molar-refractivity contribution >= 4 is 19.8 Å². The number of phosphoric ester groups is 1. The summed E-state index contributed by atoms with van der Waals surface area (Å²) >= 11 is 0. The van der Waals surface area contributed by atoms with Gasteiger partial charge in [0, 0.05) is 12.8 Å². The summed E-state index contributed by atoms with van der Waals surface area (Å²) in [6.07, 6.45) is 50.2. The van der Waals surface area contributed by atoms with Gasteiger partial charge in [0.15, 0.2) is 6.10 Å². The van der Waals surface area contributed by atoms with Crippen molar-refractivity contribution in [2.75, 3.05) is 26.4 Å². The molecule has 0 aliphatic heterocycles. The van der Waals surface area contributed by atoms with E-state index >= 15 is 0 Å². The molecule has 10 nitrogen and oxygen atoms in total. The number of esters is 2. The lowest BCUT2D eigenvalue weighted by Crippen LogP contribution is -2.29. The molecule has 0 rings (SSSR count). The fourth-order valence-corrected chi connectivity index (χ4v) is 6.57. The summed E-state index contributed by atoms with van der Waals surface area (Å²) in [5.74, 6) is -1.02. The SMILES string of the molecule is CCCCC/C=C/C/C=C/C/C=C/C/C=C/CCCCCC(=O)O[C@H](COC(=O)CCC/C=C/C/C=C/CCCCCCCCCCC)COP(=O)(O)OC[C@@H](O)CO. The fraction of sp³-hybridized carbons (Fsp3) is 0.708. The fourth-order valence-electron chi connectivity index (χ4n) is 5.78. The number of phosphoric acid groups is 1. The van der Waals surface area contributed by atoms with Crippen LogP contribution in [0.15, 0.2) is 72.9 Å². The van der Waals surface area contributed by atoms with Gasteiger partial charge in [-0.1, -0.05) is 157 Å². The Morgan fingerprint density at radius 3 is 1.41 bits per heavy atom. The first-order chi connectivity index (χ1) is 28.7. The Kier molecular flexibility index (Phi) is 41.6. The lowest BCUT2D eigenvalue weighted by Gasteiger charge is -2.20. The van der Waals surface area contributed by atoms with E-state index in [9.17, 15) is 24.2 Å². The molecule has 3 atom stereocenters. The zero-order valence-electron chi connectivity index (χ0n) is 36.9. The number of rotatable bonds is 42. The summed E-state index contributed by atoms with van der Waals surface area (Å²) in [4.78, 5) is 35.0. The van der Waals surface area contributed by atoms with Crippen LogP contribution in [0.1, 0.15) is 181 Å². The largest absolute Gasteiger partial charge is 0.472 e. The van der Waals surface area contributed by atoms with Gasteiger partial charge in [0.05, 0.1) is 19.8 Å². The second-order valence-electron chi connectivity index (χ2n) is 15.1. The van der Waals surface area contributed by atoms with Gasteiger partial charge in [0.25, 0.3) is 0 Å². The number of allylic oxidation sites excluding steroid dienone is 12. The summed E-state index contributed by atoms with van der Waals surface area (Å²) in [6.45, 7) is 2.26. The molecule has 1 unspecified atom stereocenters. The first-order valence-corrected chi connectivity index (χ1v) is 24.4. The van der Waals surface area contributed by atoms with Crippen LogP contribution >= 0.6 is 7.82 Å². The van der Waals surface area contributed by atoms with Gasteiger partial charge in [-0.2, -0.15) is 0 Å². The molecular weight excluding hydrogens is 767 g/mol. The molecule has 0 radical (unpaired) electrons. The molecule has 0 aromatic carbocycles. The third-order valence-electron chi connectivity index (χ3n) is 9.33. The maximum atomic E-state index is 12.6. The molecule has 0 aliphatic carbocycles. The van der Waals surface area contributed by atoms with Gasteiger partial charge in [-0.15, -0.1) is 0 Å². The van der Waals surface area contributed by atoms with Gasteiger partial charge < -0.3 is 24.6 Å². The molecule has 0 spiro atoms. The lowest BCUT2D eigenvalue weighted by atomic mass is 10.1. The Morgan fingerprint density at radius 1 is 0.508 bits per heavy atom. The van der Waals surface area contributed by atoms with Crippen LogP contribution in [0, 0.1) is 0 Å². The van der Waals surface area contributed by atoms with E-state index in [0.29, 0.717) is 12.8 Å². The van der Waals surface area contributed by atoms with Gasteiger partial charge in [-0.25, -0.2) is 4.57 Å². The third kappa shape index (κ3) is 43.3. The van der Waals surface area contributed by atoms with Crippen LogP contribution in [0.5, 0.6) is 0 Å². The Balaban J connectivity index is 4.41. The molecule has 3 N–H and O–H groups in total. The molecule has 0 aromatic heterocycles. The van der Waals surface area contributed by atoms with Crippen molar-refractivity contribution in [2.24, 2.45) is 0 Å². The number of unbranched alkanes of at least 4 members (excludes halogenated alkanes) is 16. The number of ether oxygens (including phenoxy) is 2. The van der Waals surface area contributed by atoms with Crippen LogP contribution < -0.4 is 0 Å². The van der Waals surface area contributed by atoms with Crippen molar-refractivity contribution in [3.63, 3.8) is 0 Å². The molecule has 59 heavy (non-hydrogen) atoms. The predicted molar refractivity (Wildman–Crippen MR) is 242 cm³/mol. The van der Waals surface area contributed by atoms with Crippen molar-refractivity contribution in [3.05, 3.63) is 72.9 Å². The van der Waals surface area contributed by atoms with E-state index in [1.807, 2.05) is 6.08 Å². The average molecular weight is 851 g/mol. The third-order valence-corrected chi connectivity index (χ3v) is 10.3. The highest BCUT2D eigenvalue weighted by Crippen LogP contribution is 2.43. The molecular formula is C48H83O10P. The molecule has 0 bridgehead atoms. The van der Waals surface area contributed by atoms with Crippen molar-refractivity contribution in [1.29, 1.82) is 0 Å². The number of carbonyl (C=O) groups is 2. The second kappa shape index (κ2) is 43.5. The molecule has 0 aromatic rings. The Labute approximate surface area is 358 Å². The van der Waals surface area contributed by atoms with E-state index in [1.54, 1.807) is 0 Å². The first-order valence-electron chi connectivity index (χ1n) is 22.9. The molecule has 0 fully saturated rings. The highest BCUT2D eigenvalue weighted by Gasteiger charge is 2.27. The smallest absolute Gasteiger partial charge is 0.462 e. The van der Waals surface area contributed by atoms with Crippen LogP contribution in [0.4, 0.5) is 0 Å². The second-order valence-corrected chi connectivity index (χ2v) is 16.5. The molecule has 0 heterocycles. The quantitative estimate of drug-likeness (QED) is 0.0234. The molecule has 0 saturated carbocycles. The number of aliphatic hydroxyl groups excluding tert-OH is 2. The number of carbonyl (C=O) groups excluding carboxylic acids is 2. The Hall–Kier alpha value is -2.59. The summed E-state index contributed by atoms with van der Waals surface area (Å²) in [5, 5.41) is 18.3. The maximum Gasteiger partial charge on any atom is 0.472 e. The van der Waals surface area contributed by atoms with Crippen molar-refractivity contribution in [2.45, 2.75) is 193 Å². The monoisotopic (exact) mass is 851 g/mol. The van der Waals surface area contributed by atoms with E-state index in [4.69, 9.17) is 19.1 Å². The van der Waals surface area contributed by atoms with E-state index in [0.717, 1.165) is 57.8 Å². The van der Waals surface area contributed by atoms with E-state index in [2.05, 4.69) is 85.2 Å². The first kappa shape index (κ1) is 56.4. The van der Waals surface area contributed by atoms with Gasteiger partial charge in [0.1, 0.15) is 12.7 Å². The van der Waals surface area contributed by atoms with Gasteiger partial charge in [-0.3, -0.25) is 18.6 Å². The summed E-state index contributed by atoms with van der Waals surface area (Å²) in [7, 11) is -4.64. The van der Waals surface area contributed by atoms with Gasteiger partial charge in [0.2, 0.25) is 0 Å². The summed E-state index contributed by atoms with van der Waals surface area (Å²) in [5.41, 5.74) is 0. The topological polar surface area (TPSA) is 149 Å². The van der Waals surface area contributed by atoms with E-state index in [-0.39, 0.29) is 19.4 Å². The maximum absolute atomic E-state index is 12.6. The van der Waals surface area contributed by atoms with Crippen molar-refractivity contribution in [3.8, 4) is 0 Å².